The predicted molar refractivity (Wildman–Crippen MR) is 156 cm³/mol. The van der Waals surface area contributed by atoms with Gasteiger partial charge in [-0.2, -0.15) is 0 Å². The van der Waals surface area contributed by atoms with Gasteiger partial charge in [0.2, 0.25) is 0 Å². The molecule has 202 valence electrons. The van der Waals surface area contributed by atoms with Gasteiger partial charge in [0, 0.05) is 23.1 Å². The lowest BCUT2D eigenvalue weighted by Gasteiger charge is -2.37. The molecular formula is C34H32N2O4. The Morgan fingerprint density at radius 1 is 0.900 bits per heavy atom. The number of nitrogens with one attached hydrogen (secondary N) is 1. The first-order valence-electron chi connectivity index (χ1n) is 13.6. The van der Waals surface area contributed by atoms with Crippen molar-refractivity contribution in [3.8, 4) is 17.2 Å². The summed E-state index contributed by atoms with van der Waals surface area (Å²) >= 11 is 0. The molecule has 1 aliphatic rings. The van der Waals surface area contributed by atoms with Crippen LogP contribution >= 0.6 is 0 Å². The molecule has 2 unspecified atom stereocenters. The first kappa shape index (κ1) is 25.6. The highest BCUT2D eigenvalue weighted by Crippen LogP contribution is 2.40. The van der Waals surface area contributed by atoms with Gasteiger partial charge >= 0.3 is 0 Å². The maximum atomic E-state index is 13.9. The van der Waals surface area contributed by atoms with E-state index in [0.29, 0.717) is 18.9 Å². The van der Waals surface area contributed by atoms with Gasteiger partial charge in [-0.15, -0.1) is 0 Å². The van der Waals surface area contributed by atoms with Gasteiger partial charge in [0.05, 0.1) is 13.2 Å². The van der Waals surface area contributed by atoms with Gasteiger partial charge in [-0.25, -0.2) is 0 Å². The quantitative estimate of drug-likeness (QED) is 0.242. The van der Waals surface area contributed by atoms with Crippen molar-refractivity contribution < 1.29 is 19.0 Å². The standard InChI is InChI=1S/C34H32N2O4/c1-23(40-27-11-7-4-8-12-27)34(37)36-20-19-29-30-21-28(38-2)17-18-31(30)35-32(29)33(36)25-13-15-26(16-14-25)39-22-24-9-5-3-6-10-24/h3-18,21,23,33,35H,19-20,22H2,1-2H3. The van der Waals surface area contributed by atoms with Crippen molar-refractivity contribution >= 4 is 16.8 Å². The number of para-hydroxylation sites is 1. The Kier molecular flexibility index (Phi) is 7.15. The number of hydrogen-bond acceptors (Lipinski definition) is 4. The lowest BCUT2D eigenvalue weighted by molar-refractivity contribution is -0.140. The van der Waals surface area contributed by atoms with E-state index in [1.807, 2.05) is 96.8 Å². The average molecular weight is 533 g/mol. The second-order valence-corrected chi connectivity index (χ2v) is 10.0. The van der Waals surface area contributed by atoms with Crippen LogP contribution in [-0.2, 0) is 17.8 Å². The average Bonchev–Trinajstić information content (AvgIpc) is 3.38. The molecule has 6 nitrogen and oxygen atoms in total. The Morgan fingerprint density at radius 2 is 1.60 bits per heavy atom. The van der Waals surface area contributed by atoms with Gasteiger partial charge in [0.15, 0.2) is 6.10 Å². The summed E-state index contributed by atoms with van der Waals surface area (Å²) in [5, 5.41) is 1.13. The largest absolute Gasteiger partial charge is 0.497 e. The van der Waals surface area contributed by atoms with Crippen molar-refractivity contribution in [2.24, 2.45) is 0 Å². The molecule has 5 aromatic rings. The summed E-state index contributed by atoms with van der Waals surface area (Å²) in [6, 6.07) is 33.4. The van der Waals surface area contributed by atoms with Gasteiger partial charge in [-0.1, -0.05) is 60.7 Å². The highest BCUT2D eigenvalue weighted by molar-refractivity contribution is 5.88. The van der Waals surface area contributed by atoms with Crippen LogP contribution < -0.4 is 14.2 Å². The van der Waals surface area contributed by atoms with Crippen molar-refractivity contribution in [3.63, 3.8) is 0 Å². The van der Waals surface area contributed by atoms with Crippen LogP contribution in [0.4, 0.5) is 0 Å². The molecule has 1 aliphatic heterocycles. The number of methoxy groups -OCH3 is 1. The van der Waals surface area contributed by atoms with Crippen molar-refractivity contribution in [3.05, 3.63) is 126 Å². The minimum absolute atomic E-state index is 0.0554. The molecule has 1 N–H and O–H groups in total. The molecule has 6 rings (SSSR count). The fourth-order valence-electron chi connectivity index (χ4n) is 5.45. The van der Waals surface area contributed by atoms with Gasteiger partial charge in [0.1, 0.15) is 23.9 Å². The summed E-state index contributed by atoms with van der Waals surface area (Å²) in [6.07, 6.45) is 0.102. The normalized spacial score (nSPS) is 15.3. The maximum absolute atomic E-state index is 13.9. The third kappa shape index (κ3) is 5.13. The fourth-order valence-corrected chi connectivity index (χ4v) is 5.45. The molecule has 1 aromatic heterocycles. The molecule has 2 heterocycles. The number of nitrogens with zero attached hydrogens (tertiary/aromatic N) is 1. The first-order valence-corrected chi connectivity index (χ1v) is 13.6. The zero-order valence-corrected chi connectivity index (χ0v) is 22.7. The van der Waals surface area contributed by atoms with Crippen molar-refractivity contribution in [2.45, 2.75) is 32.1 Å². The molecule has 1 amide bonds. The van der Waals surface area contributed by atoms with E-state index in [1.165, 1.54) is 5.56 Å². The number of carbonyl (C=O) groups is 1. The van der Waals surface area contributed by atoms with Crippen LogP contribution in [0.5, 0.6) is 17.2 Å². The molecule has 4 aromatic carbocycles. The molecule has 2 atom stereocenters. The smallest absolute Gasteiger partial charge is 0.264 e. The van der Waals surface area contributed by atoms with E-state index in [9.17, 15) is 4.79 Å². The Bertz CT molecular complexity index is 1600. The molecule has 0 bridgehead atoms. The van der Waals surface area contributed by atoms with Gasteiger partial charge < -0.3 is 24.1 Å². The summed E-state index contributed by atoms with van der Waals surface area (Å²) in [5.74, 6) is 2.22. The summed E-state index contributed by atoms with van der Waals surface area (Å²) in [4.78, 5) is 19.4. The maximum Gasteiger partial charge on any atom is 0.264 e. The number of rotatable bonds is 8. The van der Waals surface area contributed by atoms with Crippen LogP contribution in [0.2, 0.25) is 0 Å². The number of H-pyrrole nitrogens is 1. The summed E-state index contributed by atoms with van der Waals surface area (Å²) < 4.78 is 17.6. The van der Waals surface area contributed by atoms with E-state index in [1.54, 1.807) is 7.11 Å². The zero-order chi connectivity index (χ0) is 27.5. The second-order valence-electron chi connectivity index (χ2n) is 10.0. The fraction of sp³-hybridized carbons (Fsp3) is 0.206. The topological polar surface area (TPSA) is 63.8 Å². The molecule has 0 spiro atoms. The third-order valence-electron chi connectivity index (χ3n) is 7.47. The lowest BCUT2D eigenvalue weighted by atomic mass is 9.92. The van der Waals surface area contributed by atoms with E-state index in [-0.39, 0.29) is 11.9 Å². The molecule has 40 heavy (non-hydrogen) atoms. The van der Waals surface area contributed by atoms with Crippen LogP contribution in [0.15, 0.2) is 103 Å². The second kappa shape index (κ2) is 11.2. The molecule has 0 radical (unpaired) electrons. The molecule has 0 saturated carbocycles. The molecule has 6 heteroatoms. The number of ether oxygens (including phenoxy) is 3. The minimum atomic E-state index is -0.635. The number of hydrogen-bond donors (Lipinski definition) is 1. The minimum Gasteiger partial charge on any atom is -0.497 e. The Morgan fingerprint density at radius 3 is 2.33 bits per heavy atom. The van der Waals surface area contributed by atoms with E-state index >= 15 is 0 Å². The van der Waals surface area contributed by atoms with Crippen LogP contribution in [0.3, 0.4) is 0 Å². The number of fused-ring (bicyclic) bond motifs is 3. The van der Waals surface area contributed by atoms with Crippen LogP contribution in [0.25, 0.3) is 10.9 Å². The molecule has 0 saturated heterocycles. The third-order valence-corrected chi connectivity index (χ3v) is 7.47. The highest BCUT2D eigenvalue weighted by Gasteiger charge is 2.37. The van der Waals surface area contributed by atoms with Crippen LogP contribution in [-0.4, -0.2) is 35.5 Å². The Hall–Kier alpha value is -4.71. The summed E-state index contributed by atoms with van der Waals surface area (Å²) in [7, 11) is 1.68. The lowest BCUT2D eigenvalue weighted by Crippen LogP contribution is -2.46. The first-order chi connectivity index (χ1) is 19.6. The Labute approximate surface area is 234 Å². The Balaban J connectivity index is 1.33. The zero-order valence-electron chi connectivity index (χ0n) is 22.7. The van der Waals surface area contributed by atoms with E-state index in [4.69, 9.17) is 14.2 Å². The highest BCUT2D eigenvalue weighted by atomic mass is 16.5. The van der Waals surface area contributed by atoms with E-state index in [0.717, 1.165) is 45.6 Å². The summed E-state index contributed by atoms with van der Waals surface area (Å²) in [5.41, 5.74) is 5.38. The molecular weight excluding hydrogens is 500 g/mol. The van der Waals surface area contributed by atoms with Gasteiger partial charge in [0.25, 0.3) is 5.91 Å². The van der Waals surface area contributed by atoms with Crippen molar-refractivity contribution in [1.29, 1.82) is 0 Å². The predicted octanol–water partition coefficient (Wildman–Crippen LogP) is 6.70. The monoisotopic (exact) mass is 532 g/mol. The number of benzene rings is 4. The van der Waals surface area contributed by atoms with Gasteiger partial charge in [-0.05, 0) is 72.5 Å². The number of aromatic amines is 1. The SMILES string of the molecule is COc1ccc2[nH]c3c(c2c1)CCN(C(=O)C(C)Oc1ccccc1)C3c1ccc(OCc2ccccc2)cc1. The summed E-state index contributed by atoms with van der Waals surface area (Å²) in [6.45, 7) is 2.89. The van der Waals surface area contributed by atoms with Crippen LogP contribution in [0.1, 0.15) is 35.3 Å². The van der Waals surface area contributed by atoms with Crippen LogP contribution in [0, 0.1) is 0 Å². The molecule has 0 fully saturated rings. The number of carbonyl (C=O) groups excluding carboxylic acids is 1. The number of aromatic nitrogens is 1. The number of amides is 1. The van der Waals surface area contributed by atoms with Crippen molar-refractivity contribution in [2.75, 3.05) is 13.7 Å². The van der Waals surface area contributed by atoms with Crippen molar-refractivity contribution in [1.82, 2.24) is 9.88 Å². The molecule has 0 aliphatic carbocycles. The van der Waals surface area contributed by atoms with E-state index in [2.05, 4.69) is 23.2 Å². The van der Waals surface area contributed by atoms with E-state index < -0.39 is 6.10 Å². The van der Waals surface area contributed by atoms with Gasteiger partial charge in [-0.3, -0.25) is 4.79 Å².